The highest BCUT2D eigenvalue weighted by molar-refractivity contribution is 6.92. The van der Waals surface area contributed by atoms with E-state index in [1.54, 1.807) is 0 Å². The molecule has 0 fully saturated rings. The van der Waals surface area contributed by atoms with Gasteiger partial charge in [0.1, 0.15) is 0 Å². The number of hydrogen-bond donors (Lipinski definition) is 0. The Morgan fingerprint density at radius 3 is 1.22 bits per heavy atom. The van der Waals surface area contributed by atoms with Crippen molar-refractivity contribution in [2.45, 2.75) is 0 Å². The van der Waals surface area contributed by atoms with Crippen molar-refractivity contribution in [1.29, 1.82) is 0 Å². The number of anilines is 2. The van der Waals surface area contributed by atoms with Gasteiger partial charge >= 0.3 is 6.85 Å². The molecule has 50 heavy (non-hydrogen) atoms. The quantitative estimate of drug-likeness (QED) is 0.180. The van der Waals surface area contributed by atoms with Gasteiger partial charge in [-0.3, -0.25) is 9.97 Å². The molecule has 2 aliphatic rings. The number of pyridine rings is 2. The first kappa shape index (κ1) is 28.5. The molecule has 0 unspecified atom stereocenters. The van der Waals surface area contributed by atoms with Crippen LogP contribution in [-0.2, 0) is 0 Å². The van der Waals surface area contributed by atoms with Crippen molar-refractivity contribution in [1.82, 2.24) is 9.97 Å². The lowest BCUT2D eigenvalue weighted by Gasteiger charge is -2.43. The summed E-state index contributed by atoms with van der Waals surface area (Å²) < 4.78 is 0. The van der Waals surface area contributed by atoms with Crippen LogP contribution in [0.3, 0.4) is 0 Å². The van der Waals surface area contributed by atoms with Gasteiger partial charge in [0.15, 0.2) is 0 Å². The predicted molar refractivity (Wildman–Crippen MR) is 208 cm³/mol. The zero-order valence-electron chi connectivity index (χ0n) is 27.2. The molecule has 0 amide bonds. The zero-order valence-corrected chi connectivity index (χ0v) is 27.2. The summed E-state index contributed by atoms with van der Waals surface area (Å²) in [5.41, 5.74) is 19.5. The number of nitrogens with zero attached hydrogens (tertiary/aromatic N) is 3. The van der Waals surface area contributed by atoms with Gasteiger partial charge in [0.25, 0.3) is 0 Å². The van der Waals surface area contributed by atoms with E-state index < -0.39 is 0 Å². The molecular weight excluding hydrogens is 605 g/mol. The van der Waals surface area contributed by atoms with Crippen LogP contribution >= 0.6 is 0 Å². The van der Waals surface area contributed by atoms with Gasteiger partial charge in [-0.1, -0.05) is 109 Å². The normalized spacial score (nSPS) is 12.3. The molecule has 2 aliphatic heterocycles. The summed E-state index contributed by atoms with van der Waals surface area (Å²) in [7, 11) is 0. The van der Waals surface area contributed by atoms with Gasteiger partial charge in [0.05, 0.1) is 0 Å². The molecule has 0 bridgehead atoms. The van der Waals surface area contributed by atoms with E-state index in [2.05, 4.69) is 160 Å². The van der Waals surface area contributed by atoms with Gasteiger partial charge in [-0.15, -0.1) is 0 Å². The van der Waals surface area contributed by atoms with Crippen LogP contribution in [0.25, 0.3) is 66.8 Å². The lowest BCUT2D eigenvalue weighted by atomic mass is 9.43. The minimum Gasteiger partial charge on any atom is -0.376 e. The van der Waals surface area contributed by atoms with Crippen LogP contribution < -0.4 is 15.7 Å². The second-order valence-electron chi connectivity index (χ2n) is 13.1. The van der Waals surface area contributed by atoms with E-state index in [-0.39, 0.29) is 6.85 Å². The Morgan fingerprint density at radius 1 is 0.340 bits per heavy atom. The van der Waals surface area contributed by atoms with Crippen LogP contribution in [-0.4, -0.2) is 16.8 Å². The predicted octanol–water partition coefficient (Wildman–Crippen LogP) is 10.0. The van der Waals surface area contributed by atoms with Crippen molar-refractivity contribution in [3.8, 4) is 66.8 Å². The summed E-state index contributed by atoms with van der Waals surface area (Å²) in [4.78, 5) is 11.3. The maximum atomic E-state index is 4.35. The minimum atomic E-state index is 0.0712. The Hall–Kier alpha value is -6.52. The fourth-order valence-electron chi connectivity index (χ4n) is 7.92. The van der Waals surface area contributed by atoms with E-state index in [0.29, 0.717) is 0 Å². The maximum Gasteiger partial charge on any atom is 0.329 e. The minimum absolute atomic E-state index is 0.0712. The molecule has 4 heteroatoms. The Morgan fingerprint density at radius 2 is 0.760 bits per heavy atom. The molecule has 232 valence electrons. The average Bonchev–Trinajstić information content (AvgIpc) is 3.21. The van der Waals surface area contributed by atoms with E-state index in [1.165, 1.54) is 66.8 Å². The maximum absolute atomic E-state index is 4.35. The van der Waals surface area contributed by atoms with Crippen molar-refractivity contribution in [2.75, 3.05) is 4.81 Å². The Labute approximate surface area is 292 Å². The highest BCUT2D eigenvalue weighted by Gasteiger charge is 2.42. The monoisotopic (exact) mass is 635 g/mol. The summed E-state index contributed by atoms with van der Waals surface area (Å²) >= 11 is 0. The lowest BCUT2D eigenvalue weighted by molar-refractivity contribution is 1.33. The van der Waals surface area contributed by atoms with E-state index in [0.717, 1.165) is 22.3 Å². The summed E-state index contributed by atoms with van der Waals surface area (Å²) in [6.45, 7) is 0.0712. The van der Waals surface area contributed by atoms with Crippen LogP contribution in [0.1, 0.15) is 0 Å². The molecule has 0 atom stereocenters. The Kier molecular flexibility index (Phi) is 6.60. The molecule has 0 N–H and O–H groups in total. The zero-order chi connectivity index (χ0) is 33.0. The molecule has 8 aromatic rings. The summed E-state index contributed by atoms with van der Waals surface area (Å²) in [6, 6.07) is 57.6. The molecule has 10 rings (SSSR count). The summed E-state index contributed by atoms with van der Waals surface area (Å²) in [5.74, 6) is 0. The third kappa shape index (κ3) is 4.61. The fourth-order valence-corrected chi connectivity index (χ4v) is 7.92. The standard InChI is InChI=1S/C46H30BN3/c1-3-17-43-39(15-1)41-27-35(31-9-5-11-33(25-31)37-13-7-23-48-29-37)19-21-45(41)50-46-22-20-36(28-42(46)40-16-2-4-18-44(40)47(43)50)32-10-6-12-34(26-32)38-14-8-24-49-30-38/h1-30H. The van der Waals surface area contributed by atoms with Crippen molar-refractivity contribution in [3.63, 3.8) is 0 Å². The van der Waals surface area contributed by atoms with Gasteiger partial charge in [-0.05, 0) is 104 Å². The topological polar surface area (TPSA) is 29.0 Å². The lowest BCUT2D eigenvalue weighted by Crippen LogP contribution is -2.59. The Bertz CT molecular complexity index is 2380. The third-order valence-electron chi connectivity index (χ3n) is 10.2. The van der Waals surface area contributed by atoms with Crippen LogP contribution in [0, 0.1) is 0 Å². The van der Waals surface area contributed by atoms with Crippen LogP contribution in [0.5, 0.6) is 0 Å². The summed E-state index contributed by atoms with van der Waals surface area (Å²) in [5, 5.41) is 0. The number of rotatable bonds is 4. The second-order valence-corrected chi connectivity index (χ2v) is 13.1. The van der Waals surface area contributed by atoms with Crippen LogP contribution in [0.4, 0.5) is 11.4 Å². The average molecular weight is 636 g/mol. The second kappa shape index (κ2) is 11.6. The van der Waals surface area contributed by atoms with Gasteiger partial charge in [0.2, 0.25) is 0 Å². The highest BCUT2D eigenvalue weighted by Crippen LogP contribution is 2.48. The van der Waals surface area contributed by atoms with Gasteiger partial charge in [0, 0.05) is 58.4 Å². The van der Waals surface area contributed by atoms with E-state index in [9.17, 15) is 0 Å². The molecule has 0 saturated carbocycles. The number of fused-ring (bicyclic) bond motifs is 11. The third-order valence-corrected chi connectivity index (χ3v) is 10.2. The number of benzene rings is 6. The van der Waals surface area contributed by atoms with Crippen LogP contribution in [0.15, 0.2) is 183 Å². The largest absolute Gasteiger partial charge is 0.376 e. The number of hydrogen-bond acceptors (Lipinski definition) is 3. The molecule has 3 nitrogen and oxygen atoms in total. The summed E-state index contributed by atoms with van der Waals surface area (Å²) in [6.07, 6.45) is 7.50. The van der Waals surface area contributed by atoms with E-state index >= 15 is 0 Å². The molecule has 4 heterocycles. The molecular formula is C46H30BN3. The molecule has 0 saturated heterocycles. The van der Waals surface area contributed by atoms with Crippen molar-refractivity contribution in [2.24, 2.45) is 0 Å². The first-order valence-electron chi connectivity index (χ1n) is 17.1. The fraction of sp³-hybridized carbons (Fsp3) is 0. The van der Waals surface area contributed by atoms with Crippen molar-refractivity contribution >= 4 is 29.1 Å². The first-order chi connectivity index (χ1) is 24.8. The van der Waals surface area contributed by atoms with Crippen molar-refractivity contribution in [3.05, 3.63) is 183 Å². The van der Waals surface area contributed by atoms with Gasteiger partial charge in [-0.2, -0.15) is 0 Å². The van der Waals surface area contributed by atoms with Gasteiger partial charge < -0.3 is 4.81 Å². The first-order valence-corrected chi connectivity index (χ1v) is 17.1. The highest BCUT2D eigenvalue weighted by atomic mass is 15.1. The molecule has 0 radical (unpaired) electrons. The SMILES string of the molecule is c1cncc(-c2cccc(-c3ccc4c(c3)-c3ccccc3B3c5ccccc5-c5cc(-c6cccc(-c7cccnc7)c6)ccc5N34)c2)c1. The molecule has 0 spiro atoms. The van der Waals surface area contributed by atoms with Crippen LogP contribution in [0.2, 0.25) is 0 Å². The van der Waals surface area contributed by atoms with Gasteiger partial charge in [-0.25, -0.2) is 0 Å². The molecule has 0 aliphatic carbocycles. The Balaban J connectivity index is 1.13. The van der Waals surface area contributed by atoms with Crippen molar-refractivity contribution < 1.29 is 0 Å². The molecule has 2 aromatic heterocycles. The smallest absolute Gasteiger partial charge is 0.329 e. The van der Waals surface area contributed by atoms with E-state index in [1.807, 2.05) is 36.9 Å². The number of aromatic nitrogens is 2. The molecule has 6 aromatic carbocycles. The van der Waals surface area contributed by atoms with E-state index in [4.69, 9.17) is 0 Å².